The zero-order valence-electron chi connectivity index (χ0n) is 6.91. The first kappa shape index (κ1) is 9.43. The van der Waals surface area contributed by atoms with Crippen LogP contribution in [0.15, 0.2) is 0 Å². The number of alkyl halides is 1. The van der Waals surface area contributed by atoms with Crippen LogP contribution in [0.1, 0.15) is 6.42 Å². The average molecular weight is 172 g/mol. The number of nitrogens with zero attached hydrogens (tertiary/aromatic N) is 2. The molecule has 0 radical (unpaired) electrons. The van der Waals surface area contributed by atoms with Gasteiger partial charge in [0, 0.05) is 13.1 Å². The Morgan fingerprint density at radius 3 is 3.00 bits per heavy atom. The van der Waals surface area contributed by atoms with Crippen LogP contribution in [0.5, 0.6) is 0 Å². The van der Waals surface area contributed by atoms with Crippen molar-refractivity contribution in [1.29, 1.82) is 5.26 Å². The topological polar surface area (TPSA) is 47.3 Å². The van der Waals surface area contributed by atoms with Gasteiger partial charge in [0.05, 0.1) is 18.1 Å². The number of likely N-dealkylation sites (tertiary alicyclic amines) is 1. The monoisotopic (exact) mass is 172 g/mol. The van der Waals surface area contributed by atoms with Crippen LogP contribution in [0.3, 0.4) is 0 Å². The highest BCUT2D eigenvalue weighted by Crippen LogP contribution is 2.14. The standard InChI is InChI=1S/C8H13FN2O/c9-3-8(12)6-11-2-1-7(4-10)5-11/h7-8,12H,1-3,5-6H2. The molecule has 68 valence electrons. The van der Waals surface area contributed by atoms with E-state index in [-0.39, 0.29) is 5.92 Å². The van der Waals surface area contributed by atoms with E-state index in [4.69, 9.17) is 10.4 Å². The lowest BCUT2D eigenvalue weighted by Crippen LogP contribution is -2.31. The van der Waals surface area contributed by atoms with Crippen LogP contribution < -0.4 is 0 Å². The minimum absolute atomic E-state index is 0.0665. The number of hydrogen-bond donors (Lipinski definition) is 1. The Labute approximate surface area is 71.4 Å². The Hall–Kier alpha value is -0.660. The van der Waals surface area contributed by atoms with Crippen molar-refractivity contribution in [3.63, 3.8) is 0 Å². The molecule has 0 spiro atoms. The van der Waals surface area contributed by atoms with Gasteiger partial charge in [0.1, 0.15) is 6.67 Å². The molecule has 1 N–H and O–H groups in total. The van der Waals surface area contributed by atoms with Gasteiger partial charge < -0.3 is 5.11 Å². The first-order chi connectivity index (χ1) is 5.76. The van der Waals surface area contributed by atoms with Gasteiger partial charge in [0.2, 0.25) is 0 Å². The Morgan fingerprint density at radius 1 is 1.75 bits per heavy atom. The van der Waals surface area contributed by atoms with E-state index in [9.17, 15) is 4.39 Å². The van der Waals surface area contributed by atoms with Crippen molar-refractivity contribution in [1.82, 2.24) is 4.90 Å². The molecule has 2 atom stereocenters. The van der Waals surface area contributed by atoms with E-state index in [1.54, 1.807) is 0 Å². The quantitative estimate of drug-likeness (QED) is 0.659. The molecular formula is C8H13FN2O. The first-order valence-electron chi connectivity index (χ1n) is 4.12. The number of aliphatic hydroxyl groups excluding tert-OH is 1. The third-order valence-electron chi connectivity index (χ3n) is 2.10. The second-order valence-electron chi connectivity index (χ2n) is 3.18. The normalized spacial score (nSPS) is 26.9. The number of hydrogen-bond acceptors (Lipinski definition) is 3. The van der Waals surface area contributed by atoms with Gasteiger partial charge in [-0.05, 0) is 13.0 Å². The second-order valence-corrected chi connectivity index (χ2v) is 3.18. The molecule has 0 amide bonds. The molecule has 1 fully saturated rings. The van der Waals surface area contributed by atoms with Crippen molar-refractivity contribution < 1.29 is 9.50 Å². The van der Waals surface area contributed by atoms with Gasteiger partial charge in [-0.25, -0.2) is 4.39 Å². The third-order valence-corrected chi connectivity index (χ3v) is 2.10. The van der Waals surface area contributed by atoms with E-state index in [2.05, 4.69) is 6.07 Å². The molecule has 0 saturated carbocycles. The summed E-state index contributed by atoms with van der Waals surface area (Å²) in [6.07, 6.45) is -0.0439. The van der Waals surface area contributed by atoms with E-state index in [1.807, 2.05) is 4.90 Å². The maximum absolute atomic E-state index is 11.9. The Balaban J connectivity index is 2.24. The lowest BCUT2D eigenvalue weighted by Gasteiger charge is -2.16. The van der Waals surface area contributed by atoms with E-state index in [1.165, 1.54) is 0 Å². The lowest BCUT2D eigenvalue weighted by atomic mass is 10.1. The van der Waals surface area contributed by atoms with Gasteiger partial charge in [-0.15, -0.1) is 0 Å². The van der Waals surface area contributed by atoms with Crippen molar-refractivity contribution in [2.45, 2.75) is 12.5 Å². The summed E-state index contributed by atoms with van der Waals surface area (Å²) in [4.78, 5) is 1.93. The fourth-order valence-corrected chi connectivity index (χ4v) is 1.45. The zero-order chi connectivity index (χ0) is 8.97. The number of β-amino-alcohol motifs (C(OH)–C–C–N with tert-alkyl or cyclic N) is 1. The largest absolute Gasteiger partial charge is 0.389 e. The van der Waals surface area contributed by atoms with Crippen LogP contribution in [0, 0.1) is 17.2 Å². The van der Waals surface area contributed by atoms with Gasteiger partial charge in [-0.3, -0.25) is 4.90 Å². The first-order valence-corrected chi connectivity index (χ1v) is 4.12. The fraction of sp³-hybridized carbons (Fsp3) is 0.875. The molecule has 12 heavy (non-hydrogen) atoms. The smallest absolute Gasteiger partial charge is 0.117 e. The summed E-state index contributed by atoms with van der Waals surface area (Å²) in [7, 11) is 0. The number of halogens is 1. The molecule has 1 saturated heterocycles. The summed E-state index contributed by atoms with van der Waals surface area (Å²) in [6, 6.07) is 2.17. The summed E-state index contributed by atoms with van der Waals surface area (Å²) in [5, 5.41) is 17.5. The molecule has 3 nitrogen and oxygen atoms in total. The molecule has 0 aromatic rings. The van der Waals surface area contributed by atoms with Crippen molar-refractivity contribution in [3.05, 3.63) is 0 Å². The molecule has 1 heterocycles. The molecule has 0 bridgehead atoms. The SMILES string of the molecule is N#CC1CCN(CC(O)CF)C1. The molecular weight excluding hydrogens is 159 g/mol. The molecule has 0 aliphatic carbocycles. The maximum atomic E-state index is 11.9. The minimum atomic E-state index is -0.887. The third kappa shape index (κ3) is 2.43. The molecule has 4 heteroatoms. The Kier molecular flexibility index (Phi) is 3.45. The molecule has 2 unspecified atom stereocenters. The van der Waals surface area contributed by atoms with Crippen molar-refractivity contribution in [2.75, 3.05) is 26.3 Å². The van der Waals surface area contributed by atoms with Crippen LogP contribution in [-0.4, -0.2) is 42.4 Å². The van der Waals surface area contributed by atoms with Gasteiger partial charge in [-0.1, -0.05) is 0 Å². The Morgan fingerprint density at radius 2 is 2.50 bits per heavy atom. The van der Waals surface area contributed by atoms with E-state index < -0.39 is 12.8 Å². The molecule has 0 aromatic heterocycles. The van der Waals surface area contributed by atoms with E-state index >= 15 is 0 Å². The van der Waals surface area contributed by atoms with Crippen LogP contribution in [0.4, 0.5) is 4.39 Å². The molecule has 1 aliphatic heterocycles. The second kappa shape index (κ2) is 4.39. The molecule has 1 aliphatic rings. The summed E-state index contributed by atoms with van der Waals surface area (Å²) >= 11 is 0. The molecule has 0 aromatic carbocycles. The Bertz CT molecular complexity index is 180. The predicted octanol–water partition coefficient (Wildman–Crippen LogP) is 0.162. The highest BCUT2D eigenvalue weighted by atomic mass is 19.1. The van der Waals surface area contributed by atoms with E-state index in [0.717, 1.165) is 13.0 Å². The van der Waals surface area contributed by atoms with Gasteiger partial charge in [0.25, 0.3) is 0 Å². The van der Waals surface area contributed by atoms with Gasteiger partial charge >= 0.3 is 0 Å². The fourth-order valence-electron chi connectivity index (χ4n) is 1.45. The summed E-state index contributed by atoms with van der Waals surface area (Å²) < 4.78 is 11.9. The number of rotatable bonds is 3. The van der Waals surface area contributed by atoms with Crippen molar-refractivity contribution >= 4 is 0 Å². The summed E-state index contributed by atoms with van der Waals surface area (Å²) in [6.45, 7) is 1.13. The number of aliphatic hydroxyl groups is 1. The van der Waals surface area contributed by atoms with Crippen molar-refractivity contribution in [3.8, 4) is 6.07 Å². The highest BCUT2D eigenvalue weighted by Gasteiger charge is 2.23. The predicted molar refractivity (Wildman–Crippen MR) is 42.1 cm³/mol. The van der Waals surface area contributed by atoms with Crippen LogP contribution >= 0.6 is 0 Å². The average Bonchev–Trinajstić information content (AvgIpc) is 2.52. The van der Waals surface area contributed by atoms with Crippen LogP contribution in [0.2, 0.25) is 0 Å². The highest BCUT2D eigenvalue weighted by molar-refractivity contribution is 4.90. The van der Waals surface area contributed by atoms with Gasteiger partial charge in [-0.2, -0.15) is 5.26 Å². The maximum Gasteiger partial charge on any atom is 0.117 e. The van der Waals surface area contributed by atoms with E-state index in [0.29, 0.717) is 13.1 Å². The van der Waals surface area contributed by atoms with Crippen molar-refractivity contribution in [2.24, 2.45) is 5.92 Å². The lowest BCUT2D eigenvalue weighted by molar-refractivity contribution is 0.0988. The summed E-state index contributed by atoms with van der Waals surface area (Å²) in [5.41, 5.74) is 0. The number of nitriles is 1. The minimum Gasteiger partial charge on any atom is -0.389 e. The summed E-state index contributed by atoms with van der Waals surface area (Å²) in [5.74, 6) is 0.0665. The van der Waals surface area contributed by atoms with Gasteiger partial charge in [0.15, 0.2) is 0 Å². The van der Waals surface area contributed by atoms with Crippen LogP contribution in [-0.2, 0) is 0 Å². The zero-order valence-corrected chi connectivity index (χ0v) is 6.91. The molecule has 1 rings (SSSR count). The van der Waals surface area contributed by atoms with Crippen LogP contribution in [0.25, 0.3) is 0 Å².